The van der Waals surface area contributed by atoms with Crippen LogP contribution in [0.15, 0.2) is 41.1 Å². The smallest absolute Gasteiger partial charge is 0.877 e. The van der Waals surface area contributed by atoms with Crippen LogP contribution in [0.1, 0.15) is 6.92 Å². The molecule has 1 aliphatic carbocycles. The maximum atomic E-state index is 10.5. The Bertz CT molecular complexity index is 296. The third-order valence-corrected chi connectivity index (χ3v) is 1.32. The van der Waals surface area contributed by atoms with E-state index in [2.05, 4.69) is 4.99 Å². The summed E-state index contributed by atoms with van der Waals surface area (Å²) in [5.41, 5.74) is 1.16. The molecule has 0 N–H and O–H groups in total. The van der Waals surface area contributed by atoms with Gasteiger partial charge in [0, 0.05) is 6.92 Å². The Morgan fingerprint density at radius 3 is 2.31 bits per heavy atom. The van der Waals surface area contributed by atoms with Gasteiger partial charge in [0.15, 0.2) is 0 Å². The van der Waals surface area contributed by atoms with Crippen LogP contribution in [0.4, 0.5) is 0 Å². The van der Waals surface area contributed by atoms with Crippen LogP contribution in [-0.4, -0.2) is 11.6 Å². The third-order valence-electron chi connectivity index (χ3n) is 1.32. The summed E-state index contributed by atoms with van der Waals surface area (Å²) in [5, 5.41) is 10.2. The monoisotopic (exact) mass is 185 g/mol. The van der Waals surface area contributed by atoms with Gasteiger partial charge in [-0.05, 0) is 17.7 Å². The van der Waals surface area contributed by atoms with Crippen molar-refractivity contribution in [3.63, 3.8) is 0 Å². The number of amides is 1. The van der Waals surface area contributed by atoms with E-state index < -0.39 is 0 Å². The molecule has 0 aromatic carbocycles. The Morgan fingerprint density at radius 1 is 1.38 bits per heavy atom. The van der Waals surface area contributed by atoms with Gasteiger partial charge in [0.2, 0.25) is 5.91 Å². The van der Waals surface area contributed by atoms with Crippen molar-refractivity contribution in [3.8, 4) is 0 Å². The van der Waals surface area contributed by atoms with E-state index in [-0.39, 0.29) is 35.5 Å². The molecular formula is C9H8NNaO2. The zero-order valence-electron chi connectivity index (χ0n) is 7.65. The molecule has 0 atom stereocenters. The van der Waals surface area contributed by atoms with Gasteiger partial charge in [0.05, 0.1) is 5.71 Å². The maximum Gasteiger partial charge on any atom is 1.00 e. The van der Waals surface area contributed by atoms with Crippen LogP contribution < -0.4 is 34.7 Å². The first kappa shape index (κ1) is 12.4. The van der Waals surface area contributed by atoms with Gasteiger partial charge in [-0.15, -0.1) is 6.26 Å². The van der Waals surface area contributed by atoms with E-state index in [9.17, 15) is 9.90 Å². The molecule has 0 spiro atoms. The molecule has 1 aliphatic rings. The quantitative estimate of drug-likeness (QED) is 0.306. The predicted molar refractivity (Wildman–Crippen MR) is 44.5 cm³/mol. The van der Waals surface area contributed by atoms with Crippen molar-refractivity contribution in [3.05, 3.63) is 36.1 Å². The summed E-state index contributed by atoms with van der Waals surface area (Å²) >= 11 is 0. The van der Waals surface area contributed by atoms with E-state index >= 15 is 0 Å². The third kappa shape index (κ3) is 4.22. The fraction of sp³-hybridized carbons (Fsp3) is 0.111. The largest absolute Gasteiger partial charge is 1.00 e. The molecule has 1 amide bonds. The van der Waals surface area contributed by atoms with Crippen LogP contribution in [0.5, 0.6) is 0 Å². The second-order valence-electron chi connectivity index (χ2n) is 2.34. The van der Waals surface area contributed by atoms with Gasteiger partial charge in [-0.1, -0.05) is 12.2 Å². The van der Waals surface area contributed by atoms with Crippen LogP contribution in [0.25, 0.3) is 0 Å². The van der Waals surface area contributed by atoms with Crippen LogP contribution in [0, 0.1) is 0 Å². The Labute approximate surface area is 98.8 Å². The zero-order chi connectivity index (χ0) is 8.97. The molecule has 13 heavy (non-hydrogen) atoms. The fourth-order valence-corrected chi connectivity index (χ4v) is 0.809. The number of carbonyl (C=O) groups is 1. The Kier molecular flexibility index (Phi) is 5.62. The summed E-state index contributed by atoms with van der Waals surface area (Å²) in [5.74, 6) is -0.242. The van der Waals surface area contributed by atoms with Crippen molar-refractivity contribution < 1.29 is 39.5 Å². The number of nitrogens with zero attached hydrogens (tertiary/aromatic N) is 1. The van der Waals surface area contributed by atoms with Crippen molar-refractivity contribution in [2.45, 2.75) is 6.92 Å². The van der Waals surface area contributed by atoms with Gasteiger partial charge >= 0.3 is 29.6 Å². The molecule has 1 rings (SSSR count). The predicted octanol–water partition coefficient (Wildman–Crippen LogP) is -2.65. The molecule has 0 radical (unpaired) electrons. The van der Waals surface area contributed by atoms with Crippen LogP contribution in [0.2, 0.25) is 0 Å². The summed E-state index contributed by atoms with van der Waals surface area (Å²) in [6, 6.07) is 0. The molecule has 0 unspecified atom stereocenters. The van der Waals surface area contributed by atoms with Gasteiger partial charge in [0.1, 0.15) is 0 Å². The SMILES string of the molecule is CC(=O)N=C1C=CC(=C[O-])C=C1.[Na+]. The van der Waals surface area contributed by atoms with Gasteiger partial charge in [-0.25, -0.2) is 4.99 Å². The molecule has 62 valence electrons. The van der Waals surface area contributed by atoms with E-state index in [0.717, 1.165) is 6.26 Å². The fourth-order valence-electron chi connectivity index (χ4n) is 0.809. The van der Waals surface area contributed by atoms with Crippen molar-refractivity contribution in [1.82, 2.24) is 0 Å². The van der Waals surface area contributed by atoms with Crippen molar-refractivity contribution in [1.29, 1.82) is 0 Å². The molecule has 0 saturated carbocycles. The molecule has 3 nitrogen and oxygen atoms in total. The first-order chi connectivity index (χ1) is 5.72. The normalized spacial score (nSPS) is 13.6. The number of carbonyl (C=O) groups excluding carboxylic acids is 1. The van der Waals surface area contributed by atoms with E-state index in [0.29, 0.717) is 11.3 Å². The van der Waals surface area contributed by atoms with E-state index in [1.54, 1.807) is 24.3 Å². The first-order valence-electron chi connectivity index (χ1n) is 3.50. The second-order valence-corrected chi connectivity index (χ2v) is 2.34. The zero-order valence-corrected chi connectivity index (χ0v) is 9.65. The minimum absolute atomic E-state index is 0. The second kappa shape index (κ2) is 5.91. The van der Waals surface area contributed by atoms with Crippen LogP contribution >= 0.6 is 0 Å². The van der Waals surface area contributed by atoms with E-state index in [1.165, 1.54) is 6.92 Å². The van der Waals surface area contributed by atoms with Gasteiger partial charge in [0.25, 0.3) is 0 Å². The standard InChI is InChI=1S/C9H9NO2.Na/c1-7(12)10-9-4-2-8(6-11)3-5-9;/h2-6,11H,1H3;/q;+1/p-1. The summed E-state index contributed by atoms with van der Waals surface area (Å²) in [6.07, 6.45) is 7.25. The van der Waals surface area contributed by atoms with E-state index in [4.69, 9.17) is 0 Å². The number of rotatable bonds is 0. The molecule has 0 aliphatic heterocycles. The van der Waals surface area contributed by atoms with Gasteiger partial charge in [-0.2, -0.15) is 0 Å². The summed E-state index contributed by atoms with van der Waals surface area (Å²) in [4.78, 5) is 14.2. The number of hydrogen-bond donors (Lipinski definition) is 0. The maximum absolute atomic E-state index is 10.5. The van der Waals surface area contributed by atoms with Crippen LogP contribution in [0.3, 0.4) is 0 Å². The molecule has 0 saturated heterocycles. The van der Waals surface area contributed by atoms with Crippen molar-refractivity contribution in [2.24, 2.45) is 4.99 Å². The van der Waals surface area contributed by atoms with Crippen molar-refractivity contribution >= 4 is 11.6 Å². The molecule has 0 aromatic heterocycles. The van der Waals surface area contributed by atoms with Crippen LogP contribution in [-0.2, 0) is 4.79 Å². The number of allylic oxidation sites excluding steroid dienone is 5. The topological polar surface area (TPSA) is 52.5 Å². The average molecular weight is 185 g/mol. The molecule has 0 fully saturated rings. The minimum atomic E-state index is -0.242. The Morgan fingerprint density at radius 2 is 1.92 bits per heavy atom. The Hall–Kier alpha value is -0.640. The Balaban J connectivity index is 0.00000144. The molecule has 4 heteroatoms. The average Bonchev–Trinajstić information content (AvgIpc) is 2.05. The minimum Gasteiger partial charge on any atom is -0.877 e. The first-order valence-corrected chi connectivity index (χ1v) is 3.50. The summed E-state index contributed by atoms with van der Waals surface area (Å²) < 4.78 is 0. The van der Waals surface area contributed by atoms with Gasteiger partial charge < -0.3 is 5.11 Å². The molecule has 0 heterocycles. The van der Waals surface area contributed by atoms with Gasteiger partial charge in [-0.3, -0.25) is 4.79 Å². The van der Waals surface area contributed by atoms with E-state index in [1.807, 2.05) is 0 Å². The molecular weight excluding hydrogens is 177 g/mol. The summed E-state index contributed by atoms with van der Waals surface area (Å²) in [7, 11) is 0. The summed E-state index contributed by atoms with van der Waals surface area (Å²) in [6.45, 7) is 1.38. The molecule has 0 bridgehead atoms. The number of hydrogen-bond acceptors (Lipinski definition) is 2. The van der Waals surface area contributed by atoms with Crippen molar-refractivity contribution in [2.75, 3.05) is 0 Å². The molecule has 0 aromatic rings. The number of aliphatic imine (C=N–C) groups is 1.